The van der Waals surface area contributed by atoms with Crippen LogP contribution in [0, 0.1) is 11.3 Å². The van der Waals surface area contributed by atoms with E-state index in [0.29, 0.717) is 11.7 Å². The molecule has 5 nitrogen and oxygen atoms in total. The second-order valence-electron chi connectivity index (χ2n) is 4.53. The van der Waals surface area contributed by atoms with Gasteiger partial charge >= 0.3 is 0 Å². The van der Waals surface area contributed by atoms with Gasteiger partial charge in [0, 0.05) is 31.5 Å². The fourth-order valence-electron chi connectivity index (χ4n) is 2.42. The molecule has 0 saturated carbocycles. The Labute approximate surface area is 108 Å². The molecule has 5 heteroatoms. The number of hydrogen-bond donors (Lipinski definition) is 1. The van der Waals surface area contributed by atoms with Gasteiger partial charge in [-0.05, 0) is 25.8 Å². The van der Waals surface area contributed by atoms with E-state index >= 15 is 0 Å². The minimum Gasteiger partial charge on any atom is -0.350 e. The number of aromatic nitrogens is 2. The Balaban J connectivity index is 2.25. The van der Waals surface area contributed by atoms with Gasteiger partial charge in [0.1, 0.15) is 6.07 Å². The van der Waals surface area contributed by atoms with Gasteiger partial charge in [0.15, 0.2) is 11.5 Å². The van der Waals surface area contributed by atoms with Crippen LogP contribution in [0.2, 0.25) is 0 Å². The Morgan fingerprint density at radius 2 is 2.33 bits per heavy atom. The largest absolute Gasteiger partial charge is 0.350 e. The lowest BCUT2D eigenvalue weighted by atomic mass is 10.1. The smallest absolute Gasteiger partial charge is 0.183 e. The highest BCUT2D eigenvalue weighted by Crippen LogP contribution is 2.21. The van der Waals surface area contributed by atoms with Crippen molar-refractivity contribution in [2.24, 2.45) is 0 Å². The van der Waals surface area contributed by atoms with Crippen LogP contribution in [-0.2, 0) is 0 Å². The fourth-order valence-corrected chi connectivity index (χ4v) is 2.42. The van der Waals surface area contributed by atoms with Crippen molar-refractivity contribution in [1.29, 1.82) is 5.26 Å². The lowest BCUT2D eigenvalue weighted by Gasteiger charge is -2.35. The predicted molar refractivity (Wildman–Crippen MR) is 70.3 cm³/mol. The first-order chi connectivity index (χ1) is 8.86. The molecule has 0 aromatic carbocycles. The van der Waals surface area contributed by atoms with E-state index in [1.807, 2.05) is 0 Å². The summed E-state index contributed by atoms with van der Waals surface area (Å²) in [6, 6.07) is 2.56. The topological polar surface area (TPSA) is 64.8 Å². The molecule has 1 aliphatic rings. The van der Waals surface area contributed by atoms with Crippen LogP contribution in [0.15, 0.2) is 12.4 Å². The third kappa shape index (κ3) is 2.77. The van der Waals surface area contributed by atoms with Crippen molar-refractivity contribution < 1.29 is 0 Å². The SMILES string of the molecule is CCCN(c1nccnc1C#N)C1CCCNC1. The number of nitrogens with one attached hydrogen (secondary N) is 1. The Morgan fingerprint density at radius 3 is 3.00 bits per heavy atom. The number of rotatable bonds is 4. The van der Waals surface area contributed by atoms with Crippen LogP contribution in [0.25, 0.3) is 0 Å². The maximum Gasteiger partial charge on any atom is 0.183 e. The van der Waals surface area contributed by atoms with Crippen LogP contribution in [0.1, 0.15) is 31.9 Å². The van der Waals surface area contributed by atoms with Crippen molar-refractivity contribution in [2.75, 3.05) is 24.5 Å². The first-order valence-corrected chi connectivity index (χ1v) is 6.55. The number of nitriles is 1. The summed E-state index contributed by atoms with van der Waals surface area (Å²) < 4.78 is 0. The molecule has 0 amide bonds. The first kappa shape index (κ1) is 12.8. The van der Waals surface area contributed by atoms with Crippen LogP contribution in [-0.4, -0.2) is 35.6 Å². The van der Waals surface area contributed by atoms with Crippen molar-refractivity contribution in [2.45, 2.75) is 32.2 Å². The van der Waals surface area contributed by atoms with E-state index in [0.717, 1.165) is 38.3 Å². The van der Waals surface area contributed by atoms with Gasteiger partial charge in [-0.1, -0.05) is 6.92 Å². The highest BCUT2D eigenvalue weighted by molar-refractivity contribution is 5.50. The normalized spacial score (nSPS) is 19.2. The van der Waals surface area contributed by atoms with Crippen molar-refractivity contribution >= 4 is 5.82 Å². The average molecular weight is 245 g/mol. The zero-order valence-corrected chi connectivity index (χ0v) is 10.8. The molecule has 0 aliphatic carbocycles. The van der Waals surface area contributed by atoms with E-state index in [-0.39, 0.29) is 0 Å². The molecule has 2 rings (SSSR count). The van der Waals surface area contributed by atoms with Crippen molar-refractivity contribution in [3.63, 3.8) is 0 Å². The van der Waals surface area contributed by atoms with E-state index in [2.05, 4.69) is 33.2 Å². The molecule has 1 aromatic rings. The van der Waals surface area contributed by atoms with Gasteiger partial charge in [0.2, 0.25) is 0 Å². The lowest BCUT2D eigenvalue weighted by Crippen LogP contribution is -2.47. The van der Waals surface area contributed by atoms with Gasteiger partial charge in [-0.15, -0.1) is 0 Å². The lowest BCUT2D eigenvalue weighted by molar-refractivity contribution is 0.428. The number of nitrogens with zero attached hydrogens (tertiary/aromatic N) is 4. The molecule has 96 valence electrons. The second-order valence-corrected chi connectivity index (χ2v) is 4.53. The van der Waals surface area contributed by atoms with Gasteiger partial charge in [-0.25, -0.2) is 9.97 Å². The molecular weight excluding hydrogens is 226 g/mol. The summed E-state index contributed by atoms with van der Waals surface area (Å²) in [6.07, 6.45) is 6.60. The Morgan fingerprint density at radius 1 is 1.50 bits per heavy atom. The highest BCUT2D eigenvalue weighted by Gasteiger charge is 2.23. The van der Waals surface area contributed by atoms with Crippen molar-refractivity contribution in [1.82, 2.24) is 15.3 Å². The predicted octanol–water partition coefficient (Wildman–Crippen LogP) is 1.32. The van der Waals surface area contributed by atoms with E-state index < -0.39 is 0 Å². The molecule has 1 N–H and O–H groups in total. The summed E-state index contributed by atoms with van der Waals surface area (Å²) in [5, 5.41) is 12.5. The molecule has 1 saturated heterocycles. The average Bonchev–Trinajstić information content (AvgIpc) is 2.46. The summed E-state index contributed by atoms with van der Waals surface area (Å²) in [6.45, 7) is 5.11. The summed E-state index contributed by atoms with van der Waals surface area (Å²) in [5.41, 5.74) is 0.427. The van der Waals surface area contributed by atoms with Crippen molar-refractivity contribution in [3.05, 3.63) is 18.1 Å². The Kier molecular flexibility index (Phi) is 4.48. The molecule has 0 bridgehead atoms. The standard InChI is InChI=1S/C13H19N5/c1-2-8-18(11-4-3-5-15-10-11)13-12(9-14)16-6-7-17-13/h6-7,11,15H,2-5,8,10H2,1H3. The summed E-state index contributed by atoms with van der Waals surface area (Å²) >= 11 is 0. The van der Waals surface area contributed by atoms with Crippen LogP contribution < -0.4 is 10.2 Å². The molecule has 1 unspecified atom stereocenters. The van der Waals surface area contributed by atoms with Crippen LogP contribution in [0.3, 0.4) is 0 Å². The van der Waals surface area contributed by atoms with Crippen LogP contribution in [0.4, 0.5) is 5.82 Å². The molecule has 0 spiro atoms. The van der Waals surface area contributed by atoms with Gasteiger partial charge in [-0.3, -0.25) is 0 Å². The summed E-state index contributed by atoms with van der Waals surface area (Å²) in [5.74, 6) is 0.732. The Bertz CT molecular complexity index is 420. The minimum atomic E-state index is 0.419. The molecule has 2 heterocycles. The van der Waals surface area contributed by atoms with Gasteiger partial charge in [0.05, 0.1) is 0 Å². The summed E-state index contributed by atoms with van der Waals surface area (Å²) in [4.78, 5) is 10.7. The zero-order chi connectivity index (χ0) is 12.8. The molecule has 0 radical (unpaired) electrons. The maximum absolute atomic E-state index is 9.14. The van der Waals surface area contributed by atoms with Gasteiger partial charge in [0.25, 0.3) is 0 Å². The second kappa shape index (κ2) is 6.31. The number of anilines is 1. The molecule has 1 aromatic heterocycles. The van der Waals surface area contributed by atoms with Gasteiger partial charge < -0.3 is 10.2 Å². The fraction of sp³-hybridized carbons (Fsp3) is 0.615. The van der Waals surface area contributed by atoms with Crippen LogP contribution in [0.5, 0.6) is 0 Å². The molecule has 1 atom stereocenters. The summed E-state index contributed by atoms with van der Waals surface area (Å²) in [7, 11) is 0. The first-order valence-electron chi connectivity index (χ1n) is 6.55. The number of hydrogen-bond acceptors (Lipinski definition) is 5. The molecular formula is C13H19N5. The minimum absolute atomic E-state index is 0.419. The Hall–Kier alpha value is -1.67. The molecule has 1 aliphatic heterocycles. The molecule has 18 heavy (non-hydrogen) atoms. The quantitative estimate of drug-likeness (QED) is 0.866. The monoisotopic (exact) mass is 245 g/mol. The van der Waals surface area contributed by atoms with E-state index in [1.54, 1.807) is 12.4 Å². The van der Waals surface area contributed by atoms with E-state index in [4.69, 9.17) is 5.26 Å². The third-order valence-electron chi connectivity index (χ3n) is 3.23. The van der Waals surface area contributed by atoms with E-state index in [9.17, 15) is 0 Å². The molecule has 1 fully saturated rings. The van der Waals surface area contributed by atoms with Crippen molar-refractivity contribution in [3.8, 4) is 6.07 Å². The van der Waals surface area contributed by atoms with Crippen LogP contribution >= 0.6 is 0 Å². The number of piperidine rings is 1. The third-order valence-corrected chi connectivity index (χ3v) is 3.23. The zero-order valence-electron chi connectivity index (χ0n) is 10.8. The van der Waals surface area contributed by atoms with E-state index in [1.165, 1.54) is 6.42 Å². The highest BCUT2D eigenvalue weighted by atomic mass is 15.2. The van der Waals surface area contributed by atoms with Gasteiger partial charge in [-0.2, -0.15) is 5.26 Å². The maximum atomic E-state index is 9.14.